The maximum absolute atomic E-state index is 12.0. The number of hydrogen-bond donors (Lipinski definition) is 2. The Morgan fingerprint density at radius 2 is 2.00 bits per heavy atom. The molecule has 1 aromatic carbocycles. The molecule has 0 spiro atoms. The molecule has 1 unspecified atom stereocenters. The Hall–Kier alpha value is -2.57. The number of hydrogen-bond acceptors (Lipinski definition) is 5. The van der Waals surface area contributed by atoms with Crippen LogP contribution in [-0.4, -0.2) is 42.6 Å². The second-order valence-electron chi connectivity index (χ2n) is 6.84. The molecule has 3 rings (SSSR count). The molecule has 0 radical (unpaired) electrons. The Morgan fingerprint density at radius 3 is 2.65 bits per heavy atom. The number of nitrogens with zero attached hydrogens (tertiary/aromatic N) is 1. The zero-order valence-corrected chi connectivity index (χ0v) is 14.9. The number of amides is 1. The minimum atomic E-state index is -1.09. The van der Waals surface area contributed by atoms with Gasteiger partial charge >= 0.3 is 11.9 Å². The van der Waals surface area contributed by atoms with Crippen LogP contribution in [0.4, 0.5) is 11.4 Å². The minimum absolute atomic E-state index is 0.00347. The first kappa shape index (κ1) is 18.2. The smallest absolute Gasteiger partial charge is 0.337 e. The maximum atomic E-state index is 12.0. The lowest BCUT2D eigenvalue weighted by Crippen LogP contribution is -2.39. The first-order valence-electron chi connectivity index (χ1n) is 9.09. The number of carboxylic acids is 1. The molecule has 1 atom stereocenters. The Bertz CT molecular complexity index is 714. The Kier molecular flexibility index (Phi) is 5.44. The fraction of sp³-hybridized carbons (Fsp3) is 0.526. The number of anilines is 2. The van der Waals surface area contributed by atoms with Crippen molar-refractivity contribution in [1.82, 2.24) is 0 Å². The molecule has 7 heteroatoms. The van der Waals surface area contributed by atoms with E-state index in [1.165, 1.54) is 0 Å². The predicted molar refractivity (Wildman–Crippen MR) is 96.3 cm³/mol. The van der Waals surface area contributed by atoms with Crippen LogP contribution in [0.15, 0.2) is 18.2 Å². The van der Waals surface area contributed by atoms with Crippen LogP contribution in [0.1, 0.15) is 43.0 Å². The van der Waals surface area contributed by atoms with Gasteiger partial charge in [0.25, 0.3) is 0 Å². The number of ether oxygens (including phenoxy) is 1. The van der Waals surface area contributed by atoms with Gasteiger partial charge in [0, 0.05) is 24.7 Å². The standard InChI is InChI=1S/C19H24N2O5/c1-2-26-19(25)13-4-3-9-21(11-13)14-7-8-16(15(10-14)18(23)24)20-17(22)12-5-6-12/h7-8,10,12-13H,2-6,9,11H2,1H3,(H,20,22)(H,23,24). The van der Waals surface area contributed by atoms with E-state index in [1.807, 2.05) is 4.90 Å². The van der Waals surface area contributed by atoms with Gasteiger partial charge in [0.05, 0.1) is 23.8 Å². The fourth-order valence-corrected chi connectivity index (χ4v) is 3.26. The average Bonchev–Trinajstić information content (AvgIpc) is 3.47. The maximum Gasteiger partial charge on any atom is 0.337 e. The summed E-state index contributed by atoms with van der Waals surface area (Å²) in [5.41, 5.74) is 1.12. The molecule has 1 aliphatic carbocycles. The Labute approximate surface area is 152 Å². The van der Waals surface area contributed by atoms with Crippen LogP contribution in [0.3, 0.4) is 0 Å². The van der Waals surface area contributed by atoms with Crippen LogP contribution < -0.4 is 10.2 Å². The molecule has 2 fully saturated rings. The van der Waals surface area contributed by atoms with Crippen molar-refractivity contribution in [3.63, 3.8) is 0 Å². The lowest BCUT2D eigenvalue weighted by molar-refractivity contribution is -0.148. The Balaban J connectivity index is 1.76. The van der Waals surface area contributed by atoms with Gasteiger partial charge in [-0.2, -0.15) is 0 Å². The molecule has 140 valence electrons. The van der Waals surface area contributed by atoms with Gasteiger partial charge in [-0.15, -0.1) is 0 Å². The molecule has 2 aliphatic rings. The molecule has 1 amide bonds. The van der Waals surface area contributed by atoms with Gasteiger partial charge in [0.1, 0.15) is 0 Å². The minimum Gasteiger partial charge on any atom is -0.478 e. The van der Waals surface area contributed by atoms with Gasteiger partial charge in [0.2, 0.25) is 5.91 Å². The first-order valence-corrected chi connectivity index (χ1v) is 9.09. The molecule has 1 saturated carbocycles. The lowest BCUT2D eigenvalue weighted by atomic mass is 9.97. The van der Waals surface area contributed by atoms with Crippen LogP contribution in [0.5, 0.6) is 0 Å². The van der Waals surface area contributed by atoms with E-state index in [1.54, 1.807) is 25.1 Å². The SMILES string of the molecule is CCOC(=O)C1CCCN(c2ccc(NC(=O)C3CC3)c(C(=O)O)c2)C1. The van der Waals surface area contributed by atoms with Crippen molar-refractivity contribution in [2.75, 3.05) is 29.9 Å². The van der Waals surface area contributed by atoms with Gasteiger partial charge in [0.15, 0.2) is 0 Å². The monoisotopic (exact) mass is 360 g/mol. The van der Waals surface area contributed by atoms with E-state index in [0.29, 0.717) is 18.8 Å². The van der Waals surface area contributed by atoms with Gasteiger partial charge in [-0.3, -0.25) is 9.59 Å². The molecule has 1 aliphatic heterocycles. The Morgan fingerprint density at radius 1 is 1.23 bits per heavy atom. The second-order valence-corrected chi connectivity index (χ2v) is 6.84. The average molecular weight is 360 g/mol. The first-order chi connectivity index (χ1) is 12.5. The van der Waals surface area contributed by atoms with Crippen LogP contribution >= 0.6 is 0 Å². The topological polar surface area (TPSA) is 95.9 Å². The van der Waals surface area contributed by atoms with Gasteiger partial charge in [-0.25, -0.2) is 4.79 Å². The van der Waals surface area contributed by atoms with Crippen molar-refractivity contribution in [3.05, 3.63) is 23.8 Å². The van der Waals surface area contributed by atoms with E-state index < -0.39 is 5.97 Å². The summed E-state index contributed by atoms with van der Waals surface area (Å²) in [6.45, 7) is 3.40. The number of piperidine rings is 1. The number of nitrogens with one attached hydrogen (secondary N) is 1. The zero-order valence-electron chi connectivity index (χ0n) is 14.9. The third kappa shape index (κ3) is 4.15. The van der Waals surface area contributed by atoms with Crippen molar-refractivity contribution >= 4 is 29.2 Å². The molecular formula is C19H24N2O5. The van der Waals surface area contributed by atoms with Crippen molar-refractivity contribution in [1.29, 1.82) is 0 Å². The largest absolute Gasteiger partial charge is 0.478 e. The highest BCUT2D eigenvalue weighted by Crippen LogP contribution is 2.32. The van der Waals surface area contributed by atoms with E-state index in [9.17, 15) is 19.5 Å². The highest BCUT2D eigenvalue weighted by atomic mass is 16.5. The quantitative estimate of drug-likeness (QED) is 0.757. The van der Waals surface area contributed by atoms with Crippen molar-refractivity contribution in [2.45, 2.75) is 32.6 Å². The molecule has 26 heavy (non-hydrogen) atoms. The summed E-state index contributed by atoms with van der Waals surface area (Å²) in [4.78, 5) is 37.6. The van der Waals surface area contributed by atoms with Gasteiger partial charge in [-0.1, -0.05) is 0 Å². The van der Waals surface area contributed by atoms with Crippen LogP contribution in [0.2, 0.25) is 0 Å². The summed E-state index contributed by atoms with van der Waals surface area (Å²) in [5, 5.41) is 12.2. The summed E-state index contributed by atoms with van der Waals surface area (Å²) < 4.78 is 5.11. The summed E-state index contributed by atoms with van der Waals surface area (Å²) >= 11 is 0. The summed E-state index contributed by atoms with van der Waals surface area (Å²) in [6.07, 6.45) is 3.33. The summed E-state index contributed by atoms with van der Waals surface area (Å²) in [6, 6.07) is 4.99. The zero-order chi connectivity index (χ0) is 18.7. The fourth-order valence-electron chi connectivity index (χ4n) is 3.26. The molecule has 1 saturated heterocycles. The van der Waals surface area contributed by atoms with E-state index in [2.05, 4.69) is 5.32 Å². The van der Waals surface area contributed by atoms with Gasteiger partial charge in [-0.05, 0) is 50.8 Å². The van der Waals surface area contributed by atoms with Crippen molar-refractivity contribution in [2.24, 2.45) is 11.8 Å². The van der Waals surface area contributed by atoms with E-state index >= 15 is 0 Å². The molecule has 2 N–H and O–H groups in total. The van der Waals surface area contributed by atoms with Crippen LogP contribution in [-0.2, 0) is 14.3 Å². The molecule has 0 aromatic heterocycles. The summed E-state index contributed by atoms with van der Waals surface area (Å²) in [5.74, 6) is -1.61. The molecule has 1 aromatic rings. The van der Waals surface area contributed by atoms with Crippen molar-refractivity contribution < 1.29 is 24.2 Å². The molecule has 0 bridgehead atoms. The number of carbonyl (C=O) groups is 3. The highest BCUT2D eigenvalue weighted by Gasteiger charge is 2.31. The van der Waals surface area contributed by atoms with E-state index in [0.717, 1.165) is 37.9 Å². The van der Waals surface area contributed by atoms with Crippen LogP contribution in [0, 0.1) is 11.8 Å². The molecule has 7 nitrogen and oxygen atoms in total. The highest BCUT2D eigenvalue weighted by molar-refractivity contribution is 6.02. The number of aromatic carboxylic acids is 1. The number of esters is 1. The normalized spacial score (nSPS) is 19.7. The number of rotatable bonds is 6. The number of benzene rings is 1. The van der Waals surface area contributed by atoms with Crippen LogP contribution in [0.25, 0.3) is 0 Å². The predicted octanol–water partition coefficient (Wildman–Crippen LogP) is 2.51. The third-order valence-corrected chi connectivity index (χ3v) is 4.85. The number of carbonyl (C=O) groups excluding carboxylic acids is 2. The third-order valence-electron chi connectivity index (χ3n) is 4.85. The summed E-state index contributed by atoms with van der Waals surface area (Å²) in [7, 11) is 0. The van der Waals surface area contributed by atoms with E-state index in [4.69, 9.17) is 4.74 Å². The second kappa shape index (κ2) is 7.76. The van der Waals surface area contributed by atoms with E-state index in [-0.39, 0.29) is 29.3 Å². The number of carboxylic acid groups (broad SMARTS) is 1. The molecule has 1 heterocycles. The lowest BCUT2D eigenvalue weighted by Gasteiger charge is -2.33. The van der Waals surface area contributed by atoms with Gasteiger partial charge < -0.3 is 20.1 Å². The molecular weight excluding hydrogens is 336 g/mol. The van der Waals surface area contributed by atoms with Crippen molar-refractivity contribution in [3.8, 4) is 0 Å².